The summed E-state index contributed by atoms with van der Waals surface area (Å²) in [7, 11) is 0. The van der Waals surface area contributed by atoms with Gasteiger partial charge in [0.05, 0.1) is 0 Å². The van der Waals surface area contributed by atoms with Crippen molar-refractivity contribution in [2.45, 2.75) is 53.4 Å². The maximum atomic E-state index is 12.7. The molecule has 0 aromatic heterocycles. The Morgan fingerprint density at radius 3 is 2.46 bits per heavy atom. The van der Waals surface area contributed by atoms with Crippen LogP contribution in [0.5, 0.6) is 0 Å². The highest BCUT2D eigenvalue weighted by Crippen LogP contribution is 2.16. The first-order valence-electron chi connectivity index (χ1n) is 9.31. The fourth-order valence-electron chi connectivity index (χ4n) is 3.23. The molecule has 136 valence electrons. The van der Waals surface area contributed by atoms with Crippen molar-refractivity contribution in [1.29, 1.82) is 5.41 Å². The Morgan fingerprint density at radius 2 is 1.77 bits per heavy atom. The van der Waals surface area contributed by atoms with E-state index in [4.69, 9.17) is 5.41 Å². The lowest BCUT2D eigenvalue weighted by Crippen LogP contribution is -2.05. The third-order valence-electron chi connectivity index (χ3n) is 4.49. The Labute approximate surface area is 157 Å². The molecule has 0 fully saturated rings. The third-order valence-corrected chi connectivity index (χ3v) is 4.49. The highest BCUT2D eigenvalue weighted by atomic mass is 16.1. The number of nitrogens with one attached hydrogen (secondary N) is 1. The number of hydrogen-bond donors (Lipinski definition) is 1. The molecule has 2 nitrogen and oxygen atoms in total. The Bertz CT molecular complexity index is 830. The van der Waals surface area contributed by atoms with E-state index in [0.717, 1.165) is 30.4 Å². The molecule has 0 amide bonds. The van der Waals surface area contributed by atoms with E-state index in [9.17, 15) is 4.79 Å². The molecule has 2 rings (SSSR count). The highest BCUT2D eigenvalue weighted by molar-refractivity contribution is 5.97. The number of allylic oxidation sites excluding steroid dienone is 2. The zero-order valence-electron chi connectivity index (χ0n) is 16.4. The molecule has 0 aliphatic carbocycles. The average Bonchev–Trinajstić information content (AvgIpc) is 2.59. The molecular weight excluding hydrogens is 318 g/mol. The Hall–Kier alpha value is -2.48. The number of benzene rings is 2. The smallest absolute Gasteiger partial charge is 0.167 e. The van der Waals surface area contributed by atoms with Gasteiger partial charge in [0.15, 0.2) is 5.78 Å². The van der Waals surface area contributed by atoms with Crippen LogP contribution in [0.4, 0.5) is 0 Å². The predicted molar refractivity (Wildman–Crippen MR) is 111 cm³/mol. The molecule has 0 radical (unpaired) electrons. The summed E-state index contributed by atoms with van der Waals surface area (Å²) in [6.45, 7) is 8.06. The van der Waals surface area contributed by atoms with Crippen molar-refractivity contribution in [2.75, 3.05) is 0 Å². The average molecular weight is 348 g/mol. The van der Waals surface area contributed by atoms with E-state index in [0.29, 0.717) is 12.1 Å². The van der Waals surface area contributed by atoms with E-state index in [1.807, 2.05) is 24.3 Å². The number of carbonyl (C=O) groups excluding carboxylic acids is 1. The van der Waals surface area contributed by atoms with Crippen LogP contribution in [-0.2, 0) is 19.3 Å². The fraction of sp³-hybridized carbons (Fsp3) is 0.333. The molecule has 0 aliphatic heterocycles. The SMILES string of the molecule is CCc1cc(C)cc(CC(=O)c2cccc(CC/C(C)=C/C(C)=N)c2)c1. The van der Waals surface area contributed by atoms with Crippen LogP contribution in [0.1, 0.15) is 59.8 Å². The van der Waals surface area contributed by atoms with Crippen molar-refractivity contribution in [3.63, 3.8) is 0 Å². The monoisotopic (exact) mass is 347 g/mol. The quantitative estimate of drug-likeness (QED) is 0.468. The van der Waals surface area contributed by atoms with Crippen LogP contribution >= 0.6 is 0 Å². The Balaban J connectivity index is 2.08. The molecule has 0 saturated heterocycles. The van der Waals surface area contributed by atoms with Crippen molar-refractivity contribution in [1.82, 2.24) is 0 Å². The number of Topliss-reactive ketones (excluding diaryl/α,β-unsaturated/α-hetero) is 1. The van der Waals surface area contributed by atoms with Crippen LogP contribution < -0.4 is 0 Å². The third kappa shape index (κ3) is 6.11. The minimum Gasteiger partial charge on any atom is -0.306 e. The van der Waals surface area contributed by atoms with E-state index in [1.165, 1.54) is 22.3 Å². The first-order valence-corrected chi connectivity index (χ1v) is 9.31. The zero-order valence-corrected chi connectivity index (χ0v) is 16.4. The molecule has 2 aromatic rings. The first-order chi connectivity index (χ1) is 12.4. The van der Waals surface area contributed by atoms with E-state index in [2.05, 4.69) is 45.0 Å². The molecule has 2 aromatic carbocycles. The maximum Gasteiger partial charge on any atom is 0.167 e. The van der Waals surface area contributed by atoms with Crippen LogP contribution in [-0.4, -0.2) is 11.5 Å². The van der Waals surface area contributed by atoms with Crippen molar-refractivity contribution in [3.8, 4) is 0 Å². The van der Waals surface area contributed by atoms with Gasteiger partial charge in [-0.1, -0.05) is 54.5 Å². The number of aryl methyl sites for hydroxylation is 3. The van der Waals surface area contributed by atoms with Crippen LogP contribution in [0.2, 0.25) is 0 Å². The van der Waals surface area contributed by atoms with Crippen LogP contribution in [0.3, 0.4) is 0 Å². The molecule has 0 aliphatic rings. The summed E-state index contributed by atoms with van der Waals surface area (Å²) in [6.07, 6.45) is 5.13. The number of carbonyl (C=O) groups is 1. The molecule has 0 spiro atoms. The van der Waals surface area contributed by atoms with Crippen LogP contribution in [0.15, 0.2) is 54.1 Å². The van der Waals surface area contributed by atoms with Gasteiger partial charge < -0.3 is 5.41 Å². The van der Waals surface area contributed by atoms with Gasteiger partial charge in [0, 0.05) is 17.7 Å². The second-order valence-electron chi connectivity index (χ2n) is 7.15. The lowest BCUT2D eigenvalue weighted by atomic mass is 9.96. The summed E-state index contributed by atoms with van der Waals surface area (Å²) < 4.78 is 0. The summed E-state index contributed by atoms with van der Waals surface area (Å²) in [5.41, 5.74) is 7.32. The summed E-state index contributed by atoms with van der Waals surface area (Å²) in [6, 6.07) is 14.4. The summed E-state index contributed by atoms with van der Waals surface area (Å²) >= 11 is 0. The van der Waals surface area contributed by atoms with Crippen LogP contribution in [0.25, 0.3) is 0 Å². The van der Waals surface area contributed by atoms with E-state index in [1.54, 1.807) is 6.92 Å². The summed E-state index contributed by atoms with van der Waals surface area (Å²) in [5.74, 6) is 0.169. The molecule has 0 bridgehead atoms. The zero-order chi connectivity index (χ0) is 19.1. The van der Waals surface area contributed by atoms with Gasteiger partial charge in [-0.3, -0.25) is 4.79 Å². The van der Waals surface area contributed by atoms with Crippen LogP contribution in [0, 0.1) is 12.3 Å². The lowest BCUT2D eigenvalue weighted by molar-refractivity contribution is 0.0993. The number of hydrogen-bond acceptors (Lipinski definition) is 2. The second-order valence-corrected chi connectivity index (χ2v) is 7.15. The normalized spacial score (nSPS) is 11.5. The Kier molecular flexibility index (Phi) is 7.08. The standard InChI is InChI=1S/C24H29NO/c1-5-20-12-18(3)13-22(14-20)16-24(26)23-8-6-7-21(15-23)10-9-17(2)11-19(4)25/h6-8,11-15,25H,5,9-10,16H2,1-4H3/b17-11+,25-19?. The van der Waals surface area contributed by atoms with Gasteiger partial charge in [0.25, 0.3) is 0 Å². The fourth-order valence-corrected chi connectivity index (χ4v) is 3.23. The topological polar surface area (TPSA) is 40.9 Å². The van der Waals surface area contributed by atoms with Crippen molar-refractivity contribution < 1.29 is 4.79 Å². The molecular formula is C24H29NO. The van der Waals surface area contributed by atoms with E-state index in [-0.39, 0.29) is 5.78 Å². The molecule has 1 N–H and O–H groups in total. The van der Waals surface area contributed by atoms with Crippen molar-refractivity contribution in [2.24, 2.45) is 0 Å². The van der Waals surface area contributed by atoms with Gasteiger partial charge >= 0.3 is 0 Å². The summed E-state index contributed by atoms with van der Waals surface area (Å²) in [5, 5.41) is 7.53. The lowest BCUT2D eigenvalue weighted by Gasteiger charge is -2.08. The minimum absolute atomic E-state index is 0.169. The Morgan fingerprint density at radius 1 is 1.04 bits per heavy atom. The molecule has 0 unspecified atom stereocenters. The molecule has 2 heteroatoms. The van der Waals surface area contributed by atoms with Gasteiger partial charge in [-0.2, -0.15) is 0 Å². The first kappa shape index (κ1) is 19.8. The molecule has 0 atom stereocenters. The predicted octanol–water partition coefficient (Wildman–Crippen LogP) is 5.90. The molecule has 0 heterocycles. The number of rotatable bonds is 8. The van der Waals surface area contributed by atoms with Crippen molar-refractivity contribution in [3.05, 3.63) is 81.9 Å². The maximum absolute atomic E-state index is 12.7. The summed E-state index contributed by atoms with van der Waals surface area (Å²) in [4.78, 5) is 12.7. The van der Waals surface area contributed by atoms with Gasteiger partial charge in [0.2, 0.25) is 0 Å². The molecule has 0 saturated carbocycles. The van der Waals surface area contributed by atoms with Gasteiger partial charge in [-0.25, -0.2) is 0 Å². The van der Waals surface area contributed by atoms with Gasteiger partial charge in [-0.15, -0.1) is 0 Å². The largest absolute Gasteiger partial charge is 0.306 e. The highest BCUT2D eigenvalue weighted by Gasteiger charge is 2.09. The van der Waals surface area contributed by atoms with E-state index < -0.39 is 0 Å². The van der Waals surface area contributed by atoms with E-state index >= 15 is 0 Å². The van der Waals surface area contributed by atoms with Gasteiger partial charge in [-0.05, 0) is 68.9 Å². The van der Waals surface area contributed by atoms with Crippen molar-refractivity contribution >= 4 is 11.5 Å². The number of ketones is 1. The minimum atomic E-state index is 0.169. The molecule has 26 heavy (non-hydrogen) atoms. The van der Waals surface area contributed by atoms with Gasteiger partial charge in [0.1, 0.15) is 0 Å². The second kappa shape index (κ2) is 9.28.